The molecule has 1 aliphatic heterocycles. The molecule has 3 nitrogen and oxygen atoms in total. The lowest BCUT2D eigenvalue weighted by atomic mass is 9.93. The molecule has 90 valence electrons. The number of aldehydes is 1. The molecule has 1 spiro atoms. The monoisotopic (exact) mass is 299 g/mol. The van der Waals surface area contributed by atoms with E-state index in [0.717, 1.165) is 23.8 Å². The fraction of sp³-hybridized carbons (Fsp3) is 0.417. The van der Waals surface area contributed by atoms with E-state index in [1.807, 2.05) is 6.07 Å². The van der Waals surface area contributed by atoms with Crippen molar-refractivity contribution in [1.29, 1.82) is 0 Å². The zero-order chi connectivity index (χ0) is 12.0. The molecule has 5 heteroatoms. The maximum atomic E-state index is 13.9. The fourth-order valence-electron chi connectivity index (χ4n) is 2.72. The van der Waals surface area contributed by atoms with Gasteiger partial charge in [0.1, 0.15) is 5.82 Å². The van der Waals surface area contributed by atoms with Crippen molar-refractivity contribution in [1.82, 2.24) is 5.32 Å². The van der Waals surface area contributed by atoms with Crippen molar-refractivity contribution in [3.8, 4) is 0 Å². The minimum absolute atomic E-state index is 0.198. The second-order valence-corrected chi connectivity index (χ2v) is 5.34. The number of hydrogen-bond donors (Lipinski definition) is 1. The van der Waals surface area contributed by atoms with Crippen LogP contribution in [0, 0.1) is 5.82 Å². The van der Waals surface area contributed by atoms with E-state index in [0.29, 0.717) is 17.5 Å². The van der Waals surface area contributed by atoms with Gasteiger partial charge in [-0.15, -0.1) is 0 Å². The highest BCUT2D eigenvalue weighted by atomic mass is 79.9. The summed E-state index contributed by atoms with van der Waals surface area (Å²) in [5, 5.41) is 3.15. The molecule has 0 amide bonds. The van der Waals surface area contributed by atoms with Crippen molar-refractivity contribution in [3.05, 3.63) is 33.5 Å². The SMILES string of the molecule is O=CC1N[C@]2(CCc3c2ccc(Br)c3F)CO1. The average molecular weight is 300 g/mol. The highest BCUT2D eigenvalue weighted by molar-refractivity contribution is 9.10. The maximum absolute atomic E-state index is 13.9. The predicted octanol–water partition coefficient (Wildman–Crippen LogP) is 1.87. The molecular weight excluding hydrogens is 289 g/mol. The first-order valence-electron chi connectivity index (χ1n) is 5.48. The van der Waals surface area contributed by atoms with Gasteiger partial charge in [0, 0.05) is 0 Å². The van der Waals surface area contributed by atoms with Gasteiger partial charge >= 0.3 is 0 Å². The third-order valence-corrected chi connectivity index (χ3v) is 4.18. The van der Waals surface area contributed by atoms with Crippen molar-refractivity contribution in [3.63, 3.8) is 0 Å². The van der Waals surface area contributed by atoms with E-state index < -0.39 is 6.23 Å². The molecule has 17 heavy (non-hydrogen) atoms. The number of ether oxygens (including phenoxy) is 1. The number of carbonyl (C=O) groups is 1. The van der Waals surface area contributed by atoms with Crippen LogP contribution in [-0.4, -0.2) is 19.1 Å². The Labute approximate surface area is 106 Å². The molecule has 1 aliphatic carbocycles. The first-order chi connectivity index (χ1) is 8.16. The summed E-state index contributed by atoms with van der Waals surface area (Å²) in [4.78, 5) is 10.7. The normalized spacial score (nSPS) is 30.8. The van der Waals surface area contributed by atoms with Gasteiger partial charge in [0.05, 0.1) is 16.6 Å². The Balaban J connectivity index is 2.05. The van der Waals surface area contributed by atoms with Crippen LogP contribution < -0.4 is 5.32 Å². The average Bonchev–Trinajstić information content (AvgIpc) is 2.91. The van der Waals surface area contributed by atoms with Crippen molar-refractivity contribution in [2.45, 2.75) is 24.6 Å². The maximum Gasteiger partial charge on any atom is 0.165 e. The number of hydrogen-bond acceptors (Lipinski definition) is 3. The Morgan fingerprint density at radius 2 is 2.41 bits per heavy atom. The Morgan fingerprint density at radius 1 is 1.59 bits per heavy atom. The lowest BCUT2D eigenvalue weighted by Gasteiger charge is -2.23. The molecule has 2 aliphatic rings. The summed E-state index contributed by atoms with van der Waals surface area (Å²) in [6.45, 7) is 0.421. The third-order valence-electron chi connectivity index (χ3n) is 3.56. The third kappa shape index (κ3) is 1.57. The van der Waals surface area contributed by atoms with Crippen LogP contribution in [-0.2, 0) is 21.5 Å². The second kappa shape index (κ2) is 3.86. The van der Waals surface area contributed by atoms with Crippen LogP contribution in [0.3, 0.4) is 0 Å². The molecule has 1 heterocycles. The molecule has 0 bridgehead atoms. The molecule has 1 saturated heterocycles. The molecule has 1 aromatic carbocycles. The summed E-state index contributed by atoms with van der Waals surface area (Å²) >= 11 is 3.19. The Hall–Kier alpha value is -0.780. The van der Waals surface area contributed by atoms with E-state index >= 15 is 0 Å². The number of halogens is 2. The highest BCUT2D eigenvalue weighted by Gasteiger charge is 2.46. The van der Waals surface area contributed by atoms with Gasteiger partial charge in [-0.05, 0) is 46.0 Å². The van der Waals surface area contributed by atoms with E-state index in [1.54, 1.807) is 6.07 Å². The standard InChI is InChI=1S/C12H11BrFNO2/c13-9-2-1-8-7(11(9)14)3-4-12(8)6-17-10(5-16)15-12/h1-2,5,10,15H,3-4,6H2/t10?,12-/m1/s1. The van der Waals surface area contributed by atoms with Crippen LogP contribution in [0.2, 0.25) is 0 Å². The van der Waals surface area contributed by atoms with Crippen molar-refractivity contribution < 1.29 is 13.9 Å². The van der Waals surface area contributed by atoms with Gasteiger partial charge in [-0.3, -0.25) is 10.1 Å². The molecule has 1 unspecified atom stereocenters. The van der Waals surface area contributed by atoms with Crippen LogP contribution in [0.5, 0.6) is 0 Å². The fourth-order valence-corrected chi connectivity index (χ4v) is 3.09. The van der Waals surface area contributed by atoms with Crippen LogP contribution in [0.1, 0.15) is 17.5 Å². The van der Waals surface area contributed by atoms with Gasteiger partial charge in [-0.1, -0.05) is 6.07 Å². The van der Waals surface area contributed by atoms with Gasteiger partial charge in [-0.2, -0.15) is 0 Å². The van der Waals surface area contributed by atoms with Gasteiger partial charge in [0.15, 0.2) is 12.5 Å². The van der Waals surface area contributed by atoms with E-state index in [1.165, 1.54) is 0 Å². The number of rotatable bonds is 1. The second-order valence-electron chi connectivity index (χ2n) is 4.48. The van der Waals surface area contributed by atoms with E-state index in [2.05, 4.69) is 21.2 Å². The van der Waals surface area contributed by atoms with Crippen LogP contribution in [0.15, 0.2) is 16.6 Å². The van der Waals surface area contributed by atoms with Crippen LogP contribution in [0.25, 0.3) is 0 Å². The quantitative estimate of drug-likeness (QED) is 0.805. The summed E-state index contributed by atoms with van der Waals surface area (Å²) < 4.78 is 19.8. The zero-order valence-electron chi connectivity index (χ0n) is 9.00. The van der Waals surface area contributed by atoms with Crippen molar-refractivity contribution in [2.75, 3.05) is 6.61 Å². The molecule has 1 fully saturated rings. The topological polar surface area (TPSA) is 38.3 Å². The molecule has 0 aromatic heterocycles. The highest BCUT2D eigenvalue weighted by Crippen LogP contribution is 2.42. The summed E-state index contributed by atoms with van der Waals surface area (Å²) in [6.07, 6.45) is 1.59. The molecule has 0 saturated carbocycles. The van der Waals surface area contributed by atoms with Gasteiger partial charge in [0.25, 0.3) is 0 Å². The zero-order valence-corrected chi connectivity index (χ0v) is 10.6. The number of benzene rings is 1. The van der Waals surface area contributed by atoms with E-state index in [4.69, 9.17) is 4.74 Å². The van der Waals surface area contributed by atoms with Gasteiger partial charge in [-0.25, -0.2) is 4.39 Å². The Kier molecular flexibility index (Phi) is 2.57. The van der Waals surface area contributed by atoms with Gasteiger partial charge in [0.2, 0.25) is 0 Å². The molecule has 3 rings (SSSR count). The summed E-state index contributed by atoms with van der Waals surface area (Å²) in [7, 11) is 0. The van der Waals surface area contributed by atoms with Crippen LogP contribution in [0.4, 0.5) is 4.39 Å². The molecule has 1 aromatic rings. The van der Waals surface area contributed by atoms with Crippen molar-refractivity contribution in [2.24, 2.45) is 0 Å². The lowest BCUT2D eigenvalue weighted by Crippen LogP contribution is -2.40. The number of fused-ring (bicyclic) bond motifs is 2. The summed E-state index contributed by atoms with van der Waals surface area (Å²) in [5.41, 5.74) is 1.26. The minimum Gasteiger partial charge on any atom is -0.354 e. The first-order valence-corrected chi connectivity index (χ1v) is 6.27. The summed E-state index contributed by atoms with van der Waals surface area (Å²) in [6, 6.07) is 3.61. The Morgan fingerprint density at radius 3 is 3.12 bits per heavy atom. The van der Waals surface area contributed by atoms with Crippen LogP contribution >= 0.6 is 15.9 Å². The van der Waals surface area contributed by atoms with E-state index in [9.17, 15) is 9.18 Å². The van der Waals surface area contributed by atoms with Gasteiger partial charge < -0.3 is 4.74 Å². The lowest BCUT2D eigenvalue weighted by molar-refractivity contribution is -0.116. The predicted molar refractivity (Wildman–Crippen MR) is 63.0 cm³/mol. The molecule has 0 radical (unpaired) electrons. The van der Waals surface area contributed by atoms with Crippen molar-refractivity contribution >= 4 is 22.2 Å². The molecular formula is C12H11BrFNO2. The largest absolute Gasteiger partial charge is 0.354 e. The first kappa shape index (κ1) is 11.3. The molecule has 2 atom stereocenters. The molecule has 1 N–H and O–H groups in total. The minimum atomic E-state index is -0.576. The number of carbonyl (C=O) groups excluding carboxylic acids is 1. The summed E-state index contributed by atoms with van der Waals surface area (Å²) in [5.74, 6) is -0.198. The van der Waals surface area contributed by atoms with E-state index in [-0.39, 0.29) is 11.4 Å². The Bertz CT molecular complexity index is 494. The smallest absolute Gasteiger partial charge is 0.165 e. The number of nitrogens with one attached hydrogen (secondary N) is 1.